The van der Waals surface area contributed by atoms with Crippen molar-refractivity contribution in [3.63, 3.8) is 0 Å². The van der Waals surface area contributed by atoms with Crippen molar-refractivity contribution in [2.45, 2.75) is 18.4 Å². The third-order valence-corrected chi connectivity index (χ3v) is 7.42. The molecule has 0 N–H and O–H groups in total. The zero-order chi connectivity index (χ0) is 22.7. The fraction of sp³-hybridized carbons (Fsp3) is 0.381. The Morgan fingerprint density at radius 3 is 2.34 bits per heavy atom. The van der Waals surface area contributed by atoms with E-state index in [2.05, 4.69) is 20.4 Å². The monoisotopic (exact) mass is 458 g/mol. The van der Waals surface area contributed by atoms with Gasteiger partial charge in [-0.1, -0.05) is 17.7 Å². The highest BCUT2D eigenvalue weighted by Gasteiger charge is 2.31. The lowest BCUT2D eigenvalue weighted by Gasteiger charge is -2.33. The standard InChI is InChI=1S/C21H26N6O4S/c1-16-4-6-17(7-5-16)27-21(22-23-24-27)15-25-10-12-26(13-11-25)32(28,29)20-14-18(30-2)8-9-19(20)31-3/h4-9,14H,10-13,15H2,1-3H3. The van der Waals surface area contributed by atoms with Gasteiger partial charge in [0.05, 0.1) is 26.5 Å². The molecule has 0 unspecified atom stereocenters. The van der Waals surface area contributed by atoms with Gasteiger partial charge in [0.2, 0.25) is 10.0 Å². The highest BCUT2D eigenvalue weighted by atomic mass is 32.2. The van der Waals surface area contributed by atoms with Crippen LogP contribution in [0.1, 0.15) is 11.4 Å². The summed E-state index contributed by atoms with van der Waals surface area (Å²) in [6.45, 7) is 4.39. The van der Waals surface area contributed by atoms with Gasteiger partial charge in [0.1, 0.15) is 16.4 Å². The molecule has 0 atom stereocenters. The van der Waals surface area contributed by atoms with Gasteiger partial charge >= 0.3 is 0 Å². The molecular formula is C21H26N6O4S. The number of rotatable bonds is 7. The molecule has 2 heterocycles. The molecule has 10 nitrogen and oxygen atoms in total. The average Bonchev–Trinajstić information content (AvgIpc) is 3.27. The van der Waals surface area contributed by atoms with Crippen LogP contribution in [0.2, 0.25) is 0 Å². The highest BCUT2D eigenvalue weighted by molar-refractivity contribution is 7.89. The molecule has 1 saturated heterocycles. The van der Waals surface area contributed by atoms with Crippen LogP contribution in [0.5, 0.6) is 11.5 Å². The molecule has 0 saturated carbocycles. The van der Waals surface area contributed by atoms with Gasteiger partial charge in [-0.3, -0.25) is 4.90 Å². The van der Waals surface area contributed by atoms with Crippen molar-refractivity contribution in [1.82, 2.24) is 29.4 Å². The Kier molecular flexibility index (Phi) is 6.40. The Morgan fingerprint density at radius 2 is 1.69 bits per heavy atom. The Balaban J connectivity index is 1.45. The van der Waals surface area contributed by atoms with Crippen LogP contribution < -0.4 is 9.47 Å². The summed E-state index contributed by atoms with van der Waals surface area (Å²) in [4.78, 5) is 2.25. The lowest BCUT2D eigenvalue weighted by atomic mass is 10.2. The molecule has 32 heavy (non-hydrogen) atoms. The molecule has 0 spiro atoms. The summed E-state index contributed by atoms with van der Waals surface area (Å²) in [6, 6.07) is 12.7. The van der Waals surface area contributed by atoms with Crippen molar-refractivity contribution >= 4 is 10.0 Å². The quantitative estimate of drug-likeness (QED) is 0.525. The number of aromatic nitrogens is 4. The maximum Gasteiger partial charge on any atom is 0.246 e. The number of nitrogens with zero attached hydrogens (tertiary/aromatic N) is 6. The predicted octanol–water partition coefficient (Wildman–Crippen LogP) is 1.49. The summed E-state index contributed by atoms with van der Waals surface area (Å²) in [7, 11) is -0.765. The number of aryl methyl sites for hydroxylation is 1. The van der Waals surface area contributed by atoms with Gasteiger partial charge in [0.15, 0.2) is 5.82 Å². The van der Waals surface area contributed by atoms with Gasteiger partial charge in [0, 0.05) is 32.2 Å². The normalized spacial score (nSPS) is 15.6. The van der Waals surface area contributed by atoms with E-state index in [0.29, 0.717) is 50.0 Å². The fourth-order valence-electron chi connectivity index (χ4n) is 3.64. The van der Waals surface area contributed by atoms with E-state index in [1.807, 2.05) is 31.2 Å². The first-order valence-corrected chi connectivity index (χ1v) is 11.6. The van der Waals surface area contributed by atoms with E-state index in [1.54, 1.807) is 16.8 Å². The average molecular weight is 459 g/mol. The molecule has 3 aromatic rings. The Labute approximate surface area is 187 Å². The van der Waals surface area contributed by atoms with Crippen molar-refractivity contribution in [2.75, 3.05) is 40.4 Å². The van der Waals surface area contributed by atoms with E-state index in [-0.39, 0.29) is 4.90 Å². The molecule has 11 heteroatoms. The Hall–Kier alpha value is -3.02. The molecule has 0 amide bonds. The second kappa shape index (κ2) is 9.23. The second-order valence-electron chi connectivity index (χ2n) is 7.54. The zero-order valence-corrected chi connectivity index (χ0v) is 19.1. The number of benzene rings is 2. The lowest BCUT2D eigenvalue weighted by Crippen LogP contribution is -2.48. The molecule has 170 valence electrons. The number of tetrazole rings is 1. The van der Waals surface area contributed by atoms with Crippen LogP contribution >= 0.6 is 0 Å². The molecule has 1 aromatic heterocycles. The smallest absolute Gasteiger partial charge is 0.246 e. The predicted molar refractivity (Wildman–Crippen MR) is 117 cm³/mol. The minimum atomic E-state index is -3.72. The number of methoxy groups -OCH3 is 2. The molecule has 4 rings (SSSR count). The summed E-state index contributed by atoms with van der Waals surface area (Å²) < 4.78 is 40.2. The number of piperazine rings is 1. The maximum atomic E-state index is 13.3. The van der Waals surface area contributed by atoms with Crippen LogP contribution in [-0.4, -0.2) is 78.2 Å². The third kappa shape index (κ3) is 4.45. The van der Waals surface area contributed by atoms with E-state index in [1.165, 1.54) is 24.6 Å². The first-order valence-electron chi connectivity index (χ1n) is 10.2. The number of hydrogen-bond donors (Lipinski definition) is 0. The second-order valence-corrected chi connectivity index (χ2v) is 9.45. The number of hydrogen-bond acceptors (Lipinski definition) is 8. The number of sulfonamides is 1. The van der Waals surface area contributed by atoms with E-state index in [0.717, 1.165) is 11.3 Å². The summed E-state index contributed by atoms with van der Waals surface area (Å²) in [5.41, 5.74) is 2.05. The van der Waals surface area contributed by atoms with Gasteiger partial charge in [-0.05, 0) is 41.6 Å². The largest absolute Gasteiger partial charge is 0.497 e. The third-order valence-electron chi connectivity index (χ3n) is 5.50. The van der Waals surface area contributed by atoms with Crippen molar-refractivity contribution in [3.05, 3.63) is 53.9 Å². The molecule has 0 radical (unpaired) electrons. The lowest BCUT2D eigenvalue weighted by molar-refractivity contribution is 0.176. The minimum Gasteiger partial charge on any atom is -0.497 e. The van der Waals surface area contributed by atoms with E-state index < -0.39 is 10.0 Å². The first kappa shape index (κ1) is 22.2. The van der Waals surface area contributed by atoms with Gasteiger partial charge < -0.3 is 9.47 Å². The molecule has 0 bridgehead atoms. The molecular weight excluding hydrogens is 432 g/mol. The van der Waals surface area contributed by atoms with E-state index >= 15 is 0 Å². The van der Waals surface area contributed by atoms with Crippen molar-refractivity contribution in [1.29, 1.82) is 0 Å². The topological polar surface area (TPSA) is 103 Å². The van der Waals surface area contributed by atoms with Gasteiger partial charge in [-0.2, -0.15) is 8.99 Å². The minimum absolute atomic E-state index is 0.108. The summed E-state index contributed by atoms with van der Waals surface area (Å²) >= 11 is 0. The molecule has 1 aliphatic rings. The van der Waals surface area contributed by atoms with E-state index in [9.17, 15) is 8.42 Å². The van der Waals surface area contributed by atoms with Crippen LogP contribution in [-0.2, 0) is 16.6 Å². The molecule has 1 aliphatic heterocycles. The van der Waals surface area contributed by atoms with Crippen LogP contribution in [0, 0.1) is 6.92 Å². The van der Waals surface area contributed by atoms with Crippen LogP contribution in [0.3, 0.4) is 0 Å². The zero-order valence-electron chi connectivity index (χ0n) is 18.3. The van der Waals surface area contributed by atoms with Gasteiger partial charge in [-0.25, -0.2) is 8.42 Å². The van der Waals surface area contributed by atoms with Crippen molar-refractivity contribution < 1.29 is 17.9 Å². The van der Waals surface area contributed by atoms with Crippen LogP contribution in [0.4, 0.5) is 0 Å². The summed E-state index contributed by atoms with van der Waals surface area (Å²) in [6.07, 6.45) is 0. The molecule has 0 aliphatic carbocycles. The first-order chi connectivity index (χ1) is 15.4. The van der Waals surface area contributed by atoms with E-state index in [4.69, 9.17) is 9.47 Å². The van der Waals surface area contributed by atoms with Crippen LogP contribution in [0.25, 0.3) is 5.69 Å². The summed E-state index contributed by atoms with van der Waals surface area (Å²) in [5.74, 6) is 1.47. The molecule has 2 aromatic carbocycles. The highest BCUT2D eigenvalue weighted by Crippen LogP contribution is 2.31. The van der Waals surface area contributed by atoms with Gasteiger partial charge in [0.25, 0.3) is 0 Å². The van der Waals surface area contributed by atoms with Crippen LogP contribution in [0.15, 0.2) is 47.4 Å². The summed E-state index contributed by atoms with van der Waals surface area (Å²) in [5, 5.41) is 12.1. The Morgan fingerprint density at radius 1 is 0.969 bits per heavy atom. The molecule has 1 fully saturated rings. The SMILES string of the molecule is COc1ccc(OC)c(S(=O)(=O)N2CCN(Cc3nnnn3-c3ccc(C)cc3)CC2)c1. The Bertz CT molecular complexity index is 1170. The van der Waals surface area contributed by atoms with Crippen molar-refractivity contribution in [3.8, 4) is 17.2 Å². The number of ether oxygens (including phenoxy) is 2. The van der Waals surface area contributed by atoms with Crippen molar-refractivity contribution in [2.24, 2.45) is 0 Å². The van der Waals surface area contributed by atoms with Gasteiger partial charge in [-0.15, -0.1) is 5.10 Å². The maximum absolute atomic E-state index is 13.3. The fourth-order valence-corrected chi connectivity index (χ4v) is 5.24.